The Morgan fingerprint density at radius 2 is 2.35 bits per heavy atom. The van der Waals surface area contributed by atoms with E-state index in [-0.39, 0.29) is 12.5 Å². The van der Waals surface area contributed by atoms with Gasteiger partial charge in [0.25, 0.3) is 0 Å². The number of aliphatic hydroxyl groups is 1. The lowest BCUT2D eigenvalue weighted by Gasteiger charge is -2.18. The van der Waals surface area contributed by atoms with Crippen LogP contribution in [0.5, 0.6) is 0 Å². The van der Waals surface area contributed by atoms with E-state index in [1.165, 1.54) is 4.88 Å². The summed E-state index contributed by atoms with van der Waals surface area (Å²) >= 11 is 1.68. The van der Waals surface area contributed by atoms with E-state index in [1.54, 1.807) is 11.3 Å². The average molecular weight is 257 g/mol. The fraction of sp³-hybridized carbons (Fsp3) is 0.583. The van der Waals surface area contributed by atoms with Crippen molar-refractivity contribution in [1.29, 1.82) is 0 Å². The van der Waals surface area contributed by atoms with Gasteiger partial charge in [-0.15, -0.1) is 11.3 Å². The van der Waals surface area contributed by atoms with Gasteiger partial charge in [0.05, 0.1) is 12.5 Å². The summed E-state index contributed by atoms with van der Waals surface area (Å²) in [6.45, 7) is 2.42. The van der Waals surface area contributed by atoms with Gasteiger partial charge in [0.2, 0.25) is 0 Å². The molecule has 0 amide bonds. The van der Waals surface area contributed by atoms with E-state index in [9.17, 15) is 9.90 Å². The van der Waals surface area contributed by atoms with Crippen molar-refractivity contribution < 1.29 is 15.0 Å². The van der Waals surface area contributed by atoms with Gasteiger partial charge in [-0.2, -0.15) is 0 Å². The van der Waals surface area contributed by atoms with Crippen molar-refractivity contribution in [2.24, 2.45) is 0 Å². The maximum absolute atomic E-state index is 10.4. The van der Waals surface area contributed by atoms with Crippen molar-refractivity contribution in [3.05, 3.63) is 22.4 Å². The lowest BCUT2D eigenvalue weighted by atomic mass is 10.1. The zero-order valence-corrected chi connectivity index (χ0v) is 10.7. The van der Waals surface area contributed by atoms with Crippen molar-refractivity contribution >= 4 is 17.3 Å². The summed E-state index contributed by atoms with van der Waals surface area (Å²) in [7, 11) is 0. The summed E-state index contributed by atoms with van der Waals surface area (Å²) in [5.74, 6) is -0.970. The van der Waals surface area contributed by atoms with Gasteiger partial charge in [-0.3, -0.25) is 4.79 Å². The Labute approximate surface area is 105 Å². The highest BCUT2D eigenvalue weighted by Crippen LogP contribution is 2.23. The van der Waals surface area contributed by atoms with Crippen LogP contribution in [0.4, 0.5) is 0 Å². The molecule has 0 saturated carbocycles. The minimum Gasteiger partial charge on any atom is -0.481 e. The van der Waals surface area contributed by atoms with Crippen LogP contribution in [0.3, 0.4) is 0 Å². The highest BCUT2D eigenvalue weighted by Gasteiger charge is 2.14. The number of carboxylic acids is 1. The fourth-order valence-corrected chi connectivity index (χ4v) is 2.51. The van der Waals surface area contributed by atoms with Crippen LogP contribution in [0.1, 0.15) is 37.1 Å². The van der Waals surface area contributed by atoms with Gasteiger partial charge in [0, 0.05) is 17.5 Å². The number of carboxylic acid groups (broad SMARTS) is 1. The second-order valence-corrected chi connectivity index (χ2v) is 5.00. The summed E-state index contributed by atoms with van der Waals surface area (Å²) in [5, 5.41) is 23.3. The molecule has 0 bridgehead atoms. The maximum atomic E-state index is 10.4. The van der Waals surface area contributed by atoms with E-state index in [4.69, 9.17) is 5.11 Å². The van der Waals surface area contributed by atoms with Crippen LogP contribution in [0.15, 0.2) is 17.5 Å². The molecule has 2 unspecified atom stereocenters. The largest absolute Gasteiger partial charge is 0.481 e. The summed E-state index contributed by atoms with van der Waals surface area (Å²) in [6.07, 6.45) is 0.994. The molecule has 0 aliphatic carbocycles. The fourth-order valence-electron chi connectivity index (χ4n) is 1.68. The predicted octanol–water partition coefficient (Wildman–Crippen LogP) is 2.01. The van der Waals surface area contributed by atoms with Crippen molar-refractivity contribution in [3.63, 3.8) is 0 Å². The SMILES string of the molecule is CCCC(NCC(O)CC(=O)O)c1cccs1. The van der Waals surface area contributed by atoms with Crippen LogP contribution >= 0.6 is 11.3 Å². The van der Waals surface area contributed by atoms with Crippen LogP contribution < -0.4 is 5.32 Å². The van der Waals surface area contributed by atoms with Gasteiger partial charge in [0.1, 0.15) is 0 Å². The van der Waals surface area contributed by atoms with Crippen molar-refractivity contribution in [1.82, 2.24) is 5.32 Å². The van der Waals surface area contributed by atoms with Crippen LogP contribution in [-0.2, 0) is 4.79 Å². The molecule has 5 heteroatoms. The molecule has 0 aliphatic rings. The monoisotopic (exact) mass is 257 g/mol. The first kappa shape index (κ1) is 14.2. The lowest BCUT2D eigenvalue weighted by molar-refractivity contribution is -0.139. The molecule has 0 saturated heterocycles. The minimum atomic E-state index is -0.970. The summed E-state index contributed by atoms with van der Waals surface area (Å²) in [4.78, 5) is 11.7. The smallest absolute Gasteiger partial charge is 0.306 e. The molecule has 1 aromatic rings. The normalized spacial score (nSPS) is 14.5. The first-order chi connectivity index (χ1) is 8.13. The highest BCUT2D eigenvalue weighted by atomic mass is 32.1. The van der Waals surface area contributed by atoms with Gasteiger partial charge in [-0.25, -0.2) is 0 Å². The second-order valence-electron chi connectivity index (χ2n) is 4.02. The molecular weight excluding hydrogens is 238 g/mol. The molecule has 0 aliphatic heterocycles. The van der Waals surface area contributed by atoms with Gasteiger partial charge in [0.15, 0.2) is 0 Å². The molecule has 96 valence electrons. The topological polar surface area (TPSA) is 69.6 Å². The number of aliphatic hydroxyl groups excluding tert-OH is 1. The second kappa shape index (κ2) is 7.42. The molecule has 2 atom stereocenters. The number of aliphatic carboxylic acids is 1. The molecule has 0 radical (unpaired) electrons. The van der Waals surface area contributed by atoms with Crippen molar-refractivity contribution in [2.75, 3.05) is 6.54 Å². The summed E-state index contributed by atoms with van der Waals surface area (Å²) in [5.41, 5.74) is 0. The third-order valence-electron chi connectivity index (χ3n) is 2.47. The Balaban J connectivity index is 2.42. The molecule has 3 N–H and O–H groups in total. The number of hydrogen-bond donors (Lipinski definition) is 3. The average Bonchev–Trinajstić information content (AvgIpc) is 2.76. The minimum absolute atomic E-state index is 0.212. The molecule has 0 aromatic carbocycles. The molecular formula is C12H19NO3S. The van der Waals surface area contributed by atoms with Crippen LogP contribution in [-0.4, -0.2) is 28.8 Å². The number of hydrogen-bond acceptors (Lipinski definition) is 4. The van der Waals surface area contributed by atoms with E-state index < -0.39 is 12.1 Å². The molecule has 4 nitrogen and oxygen atoms in total. The van der Waals surface area contributed by atoms with E-state index in [0.29, 0.717) is 6.54 Å². The van der Waals surface area contributed by atoms with Crippen LogP contribution in [0.25, 0.3) is 0 Å². The number of thiophene rings is 1. The quantitative estimate of drug-likeness (QED) is 0.666. The number of carbonyl (C=O) groups is 1. The molecule has 0 spiro atoms. The standard InChI is InChI=1S/C12H19NO3S/c1-2-4-10(11-5-3-6-17-11)13-8-9(14)7-12(15)16/h3,5-6,9-10,13-14H,2,4,7-8H2,1H3,(H,15,16). The zero-order valence-electron chi connectivity index (χ0n) is 9.93. The molecule has 1 rings (SSSR count). The third-order valence-corrected chi connectivity index (χ3v) is 3.46. The van der Waals surface area contributed by atoms with Crippen molar-refractivity contribution in [3.8, 4) is 0 Å². The highest BCUT2D eigenvalue weighted by molar-refractivity contribution is 7.10. The molecule has 1 aromatic heterocycles. The predicted molar refractivity (Wildman–Crippen MR) is 68.2 cm³/mol. The van der Waals surface area contributed by atoms with Crippen LogP contribution in [0.2, 0.25) is 0 Å². The summed E-state index contributed by atoms with van der Waals surface area (Å²) < 4.78 is 0. The van der Waals surface area contributed by atoms with Gasteiger partial charge < -0.3 is 15.5 Å². The molecule has 0 fully saturated rings. The number of nitrogens with one attached hydrogen (secondary N) is 1. The van der Waals surface area contributed by atoms with E-state index >= 15 is 0 Å². The van der Waals surface area contributed by atoms with Gasteiger partial charge in [-0.05, 0) is 17.9 Å². The van der Waals surface area contributed by atoms with Gasteiger partial charge >= 0.3 is 5.97 Å². The Hall–Kier alpha value is -0.910. The maximum Gasteiger partial charge on any atom is 0.306 e. The number of rotatable bonds is 8. The molecule has 17 heavy (non-hydrogen) atoms. The lowest BCUT2D eigenvalue weighted by Crippen LogP contribution is -2.31. The van der Waals surface area contributed by atoms with Crippen molar-refractivity contribution in [2.45, 2.75) is 38.3 Å². The van der Waals surface area contributed by atoms with E-state index in [2.05, 4.69) is 18.3 Å². The van der Waals surface area contributed by atoms with E-state index in [1.807, 2.05) is 11.4 Å². The Kier molecular flexibility index (Phi) is 6.18. The Bertz CT molecular complexity index is 327. The van der Waals surface area contributed by atoms with Gasteiger partial charge in [-0.1, -0.05) is 19.4 Å². The van der Waals surface area contributed by atoms with Crippen LogP contribution in [0, 0.1) is 0 Å². The Morgan fingerprint density at radius 1 is 1.59 bits per heavy atom. The third kappa shape index (κ3) is 5.30. The zero-order chi connectivity index (χ0) is 12.7. The first-order valence-corrected chi connectivity index (χ1v) is 6.68. The molecule has 1 heterocycles. The Morgan fingerprint density at radius 3 is 2.88 bits per heavy atom. The summed E-state index contributed by atoms with van der Waals surface area (Å²) in [6, 6.07) is 4.27. The van der Waals surface area contributed by atoms with E-state index in [0.717, 1.165) is 12.8 Å². The first-order valence-electron chi connectivity index (χ1n) is 5.80.